The fourth-order valence-corrected chi connectivity index (χ4v) is 1.53. The van der Waals surface area contributed by atoms with E-state index in [1.165, 1.54) is 12.1 Å². The molecule has 4 heteroatoms. The number of nitrogens with zero attached hydrogens (tertiary/aromatic N) is 1. The lowest BCUT2D eigenvalue weighted by molar-refractivity contribution is 0.304. The van der Waals surface area contributed by atoms with Gasteiger partial charge in [0.1, 0.15) is 18.2 Å². The van der Waals surface area contributed by atoms with Gasteiger partial charge in [0.15, 0.2) is 0 Å². The number of alkyl halides is 1. The minimum Gasteiger partial charge on any atom is -0.487 e. The normalized spacial score (nSPS) is 10.2. The summed E-state index contributed by atoms with van der Waals surface area (Å²) in [5, 5.41) is 0. The Labute approximate surface area is 104 Å². The van der Waals surface area contributed by atoms with Crippen LogP contribution in [0.3, 0.4) is 0 Å². The van der Waals surface area contributed by atoms with Crippen molar-refractivity contribution in [1.29, 1.82) is 0 Å². The fraction of sp³-hybridized carbons (Fsp3) is 0.154. The van der Waals surface area contributed by atoms with Crippen molar-refractivity contribution in [3.63, 3.8) is 0 Å². The van der Waals surface area contributed by atoms with Crippen molar-refractivity contribution in [2.24, 2.45) is 0 Å². The number of hydrogen-bond acceptors (Lipinski definition) is 2. The molecule has 0 amide bonds. The van der Waals surface area contributed by atoms with Crippen LogP contribution >= 0.6 is 11.6 Å². The second-order valence-corrected chi connectivity index (χ2v) is 3.80. The van der Waals surface area contributed by atoms with Gasteiger partial charge in [-0.1, -0.05) is 12.1 Å². The third-order valence-corrected chi connectivity index (χ3v) is 2.50. The van der Waals surface area contributed by atoms with Gasteiger partial charge in [0.25, 0.3) is 0 Å². The van der Waals surface area contributed by atoms with Gasteiger partial charge < -0.3 is 4.74 Å². The fourth-order valence-electron chi connectivity index (χ4n) is 1.37. The quantitative estimate of drug-likeness (QED) is 0.776. The summed E-state index contributed by atoms with van der Waals surface area (Å²) in [7, 11) is 0. The first-order valence-corrected chi connectivity index (χ1v) is 5.69. The zero-order valence-corrected chi connectivity index (χ0v) is 9.82. The van der Waals surface area contributed by atoms with Crippen LogP contribution in [0.2, 0.25) is 0 Å². The predicted molar refractivity (Wildman–Crippen MR) is 64.5 cm³/mol. The second-order valence-electron chi connectivity index (χ2n) is 3.54. The van der Waals surface area contributed by atoms with Gasteiger partial charge in [-0.3, -0.25) is 4.98 Å². The average Bonchev–Trinajstić information content (AvgIpc) is 2.37. The van der Waals surface area contributed by atoms with Gasteiger partial charge in [0, 0.05) is 0 Å². The first-order valence-electron chi connectivity index (χ1n) is 5.16. The highest BCUT2D eigenvalue weighted by atomic mass is 35.5. The van der Waals surface area contributed by atoms with Crippen molar-refractivity contribution >= 4 is 11.6 Å². The molecular weight excluding hydrogens is 241 g/mol. The van der Waals surface area contributed by atoms with Gasteiger partial charge in [-0.15, -0.1) is 11.6 Å². The van der Waals surface area contributed by atoms with Crippen LogP contribution in [0.5, 0.6) is 5.75 Å². The third-order valence-electron chi connectivity index (χ3n) is 2.23. The molecule has 0 aliphatic rings. The van der Waals surface area contributed by atoms with Gasteiger partial charge in [-0.2, -0.15) is 0 Å². The lowest BCUT2D eigenvalue weighted by Gasteiger charge is -2.06. The Morgan fingerprint density at radius 1 is 1.24 bits per heavy atom. The van der Waals surface area contributed by atoms with E-state index in [9.17, 15) is 4.39 Å². The van der Waals surface area contributed by atoms with E-state index < -0.39 is 0 Å². The van der Waals surface area contributed by atoms with Crippen LogP contribution in [0.15, 0.2) is 42.6 Å². The third kappa shape index (κ3) is 3.43. The Morgan fingerprint density at radius 3 is 2.76 bits per heavy atom. The molecule has 0 aliphatic carbocycles. The van der Waals surface area contributed by atoms with Crippen molar-refractivity contribution in [2.45, 2.75) is 12.5 Å². The van der Waals surface area contributed by atoms with Crippen LogP contribution in [0, 0.1) is 5.82 Å². The standard InChI is InChI=1S/C13H11ClFNO/c14-7-12-4-5-13(8-16-12)17-9-10-2-1-3-11(15)6-10/h1-6,8H,7,9H2. The van der Waals surface area contributed by atoms with Crippen LogP contribution < -0.4 is 4.74 Å². The zero-order chi connectivity index (χ0) is 12.1. The minimum absolute atomic E-state index is 0.262. The van der Waals surface area contributed by atoms with Crippen LogP contribution in [0.25, 0.3) is 0 Å². The molecule has 0 spiro atoms. The molecule has 0 unspecified atom stereocenters. The highest BCUT2D eigenvalue weighted by molar-refractivity contribution is 6.16. The van der Waals surface area contributed by atoms with Crippen LogP contribution in [-0.4, -0.2) is 4.98 Å². The molecule has 1 heterocycles. The lowest BCUT2D eigenvalue weighted by Crippen LogP contribution is -1.96. The van der Waals surface area contributed by atoms with Crippen molar-refractivity contribution in [3.8, 4) is 5.75 Å². The molecular formula is C13H11ClFNO. The van der Waals surface area contributed by atoms with Gasteiger partial charge in [0.05, 0.1) is 17.8 Å². The smallest absolute Gasteiger partial charge is 0.138 e. The van der Waals surface area contributed by atoms with E-state index in [1.54, 1.807) is 24.4 Å². The predicted octanol–water partition coefficient (Wildman–Crippen LogP) is 3.54. The Kier molecular flexibility index (Phi) is 3.94. The summed E-state index contributed by atoms with van der Waals surface area (Å²) < 4.78 is 18.4. The zero-order valence-electron chi connectivity index (χ0n) is 9.07. The van der Waals surface area contributed by atoms with Crippen molar-refractivity contribution in [1.82, 2.24) is 4.98 Å². The Bertz CT molecular complexity index is 487. The molecule has 0 fully saturated rings. The maximum atomic E-state index is 12.9. The Balaban J connectivity index is 1.97. The highest BCUT2D eigenvalue weighted by Crippen LogP contribution is 2.13. The Morgan fingerprint density at radius 2 is 2.12 bits per heavy atom. The van der Waals surface area contributed by atoms with E-state index in [2.05, 4.69) is 4.98 Å². The number of pyridine rings is 1. The van der Waals surface area contributed by atoms with Crippen molar-refractivity contribution in [3.05, 3.63) is 59.7 Å². The van der Waals surface area contributed by atoms with Gasteiger partial charge in [0.2, 0.25) is 0 Å². The summed E-state index contributed by atoms with van der Waals surface area (Å²) >= 11 is 5.62. The number of benzene rings is 1. The van der Waals surface area contributed by atoms with E-state index in [1.807, 2.05) is 6.07 Å². The second kappa shape index (κ2) is 5.64. The topological polar surface area (TPSA) is 22.1 Å². The lowest BCUT2D eigenvalue weighted by atomic mass is 10.2. The average molecular weight is 252 g/mol. The summed E-state index contributed by atoms with van der Waals surface area (Å²) in [4.78, 5) is 4.10. The van der Waals surface area contributed by atoms with E-state index >= 15 is 0 Å². The molecule has 17 heavy (non-hydrogen) atoms. The van der Waals surface area contributed by atoms with Gasteiger partial charge >= 0.3 is 0 Å². The van der Waals surface area contributed by atoms with Crippen LogP contribution in [-0.2, 0) is 12.5 Å². The largest absolute Gasteiger partial charge is 0.487 e. The molecule has 0 bridgehead atoms. The molecule has 0 aliphatic heterocycles. The van der Waals surface area contributed by atoms with E-state index in [4.69, 9.17) is 16.3 Å². The van der Waals surface area contributed by atoms with Crippen molar-refractivity contribution in [2.75, 3.05) is 0 Å². The number of halogens is 2. The van der Waals surface area contributed by atoms with E-state index in [0.717, 1.165) is 11.3 Å². The molecule has 2 nitrogen and oxygen atoms in total. The molecule has 0 atom stereocenters. The number of aromatic nitrogens is 1. The van der Waals surface area contributed by atoms with Crippen LogP contribution in [0.4, 0.5) is 4.39 Å². The molecule has 1 aromatic carbocycles. The molecule has 2 rings (SSSR count). The van der Waals surface area contributed by atoms with E-state index in [0.29, 0.717) is 18.2 Å². The minimum atomic E-state index is -0.262. The first-order chi connectivity index (χ1) is 8.28. The monoisotopic (exact) mass is 251 g/mol. The van der Waals surface area contributed by atoms with E-state index in [-0.39, 0.29) is 5.82 Å². The number of ether oxygens (including phenoxy) is 1. The summed E-state index contributed by atoms with van der Waals surface area (Å²) in [6, 6.07) is 9.91. The number of rotatable bonds is 4. The Hall–Kier alpha value is -1.61. The molecule has 0 saturated carbocycles. The van der Waals surface area contributed by atoms with Crippen molar-refractivity contribution < 1.29 is 9.13 Å². The number of hydrogen-bond donors (Lipinski definition) is 0. The summed E-state index contributed by atoms with van der Waals surface area (Å²) in [5.41, 5.74) is 1.58. The highest BCUT2D eigenvalue weighted by Gasteiger charge is 1.98. The van der Waals surface area contributed by atoms with Gasteiger partial charge in [-0.25, -0.2) is 4.39 Å². The molecule has 0 N–H and O–H groups in total. The summed E-state index contributed by atoms with van der Waals surface area (Å²) in [6.07, 6.45) is 1.61. The van der Waals surface area contributed by atoms with Gasteiger partial charge in [-0.05, 0) is 29.8 Å². The summed E-state index contributed by atoms with van der Waals surface area (Å²) in [6.45, 7) is 0.319. The molecule has 88 valence electrons. The maximum absolute atomic E-state index is 12.9. The molecule has 2 aromatic rings. The first kappa shape index (κ1) is 11.9. The molecule has 1 aromatic heterocycles. The molecule has 0 radical (unpaired) electrons. The maximum Gasteiger partial charge on any atom is 0.138 e. The summed E-state index contributed by atoms with van der Waals surface area (Å²) in [5.74, 6) is 0.759. The SMILES string of the molecule is Fc1cccc(COc2ccc(CCl)nc2)c1. The molecule has 0 saturated heterocycles. The van der Waals surface area contributed by atoms with Crippen LogP contribution in [0.1, 0.15) is 11.3 Å².